The molecule has 0 aliphatic carbocycles. The average molecular weight is 359 g/mol. The Morgan fingerprint density at radius 2 is 1.89 bits per heavy atom. The van der Waals surface area contributed by atoms with E-state index in [1.165, 1.54) is 4.68 Å². The summed E-state index contributed by atoms with van der Waals surface area (Å²) in [5, 5.41) is 18.1. The SMILES string of the molecule is Cc1cc(C)n(N=Cc2c(C)nn(Cc3ccccc3)c2C)c(=O)c1C#N. The number of pyridine rings is 1. The van der Waals surface area contributed by atoms with Crippen LogP contribution in [0.2, 0.25) is 0 Å². The standard InChI is InChI=1S/C21H21N5O/c1-14-10-15(2)26(21(27)19(14)11-22)23-12-20-16(3)24-25(17(20)4)13-18-8-6-5-7-9-18/h5-10,12H,13H2,1-4H3. The van der Waals surface area contributed by atoms with Crippen LogP contribution in [-0.2, 0) is 6.54 Å². The lowest BCUT2D eigenvalue weighted by atomic mass is 10.1. The molecule has 6 heteroatoms. The second-order valence-electron chi connectivity index (χ2n) is 6.54. The normalized spacial score (nSPS) is 11.1. The highest BCUT2D eigenvalue weighted by Crippen LogP contribution is 2.13. The first-order chi connectivity index (χ1) is 12.9. The van der Waals surface area contributed by atoms with E-state index < -0.39 is 5.56 Å². The van der Waals surface area contributed by atoms with Gasteiger partial charge in [0.25, 0.3) is 5.56 Å². The summed E-state index contributed by atoms with van der Waals surface area (Å²) in [7, 11) is 0. The van der Waals surface area contributed by atoms with Crippen molar-refractivity contribution in [1.82, 2.24) is 14.5 Å². The van der Waals surface area contributed by atoms with Crippen molar-refractivity contribution in [2.75, 3.05) is 0 Å². The van der Waals surface area contributed by atoms with Gasteiger partial charge in [0, 0.05) is 17.0 Å². The molecule has 0 saturated heterocycles. The van der Waals surface area contributed by atoms with Crippen molar-refractivity contribution < 1.29 is 0 Å². The lowest BCUT2D eigenvalue weighted by molar-refractivity contribution is 0.659. The first kappa shape index (κ1) is 18.3. The molecule has 2 aromatic heterocycles. The van der Waals surface area contributed by atoms with Crippen LogP contribution in [0, 0.1) is 39.0 Å². The molecule has 0 spiro atoms. The molecule has 0 bridgehead atoms. The van der Waals surface area contributed by atoms with E-state index in [4.69, 9.17) is 0 Å². The highest BCUT2D eigenvalue weighted by atomic mass is 16.1. The van der Waals surface area contributed by atoms with Crippen molar-refractivity contribution in [3.63, 3.8) is 0 Å². The molecule has 27 heavy (non-hydrogen) atoms. The molecular formula is C21H21N5O. The second kappa shape index (κ2) is 7.42. The predicted molar refractivity (Wildman–Crippen MR) is 105 cm³/mol. The summed E-state index contributed by atoms with van der Waals surface area (Å²) in [6, 6.07) is 13.9. The smallest absolute Gasteiger partial charge is 0.266 e. The maximum absolute atomic E-state index is 12.5. The summed E-state index contributed by atoms with van der Waals surface area (Å²) >= 11 is 0. The average Bonchev–Trinajstić information content (AvgIpc) is 2.89. The molecule has 0 N–H and O–H groups in total. The van der Waals surface area contributed by atoms with Gasteiger partial charge in [-0.2, -0.15) is 15.5 Å². The van der Waals surface area contributed by atoms with Gasteiger partial charge >= 0.3 is 0 Å². The van der Waals surface area contributed by atoms with E-state index in [-0.39, 0.29) is 5.56 Å². The summed E-state index contributed by atoms with van der Waals surface area (Å²) < 4.78 is 3.19. The highest BCUT2D eigenvalue weighted by Gasteiger charge is 2.12. The predicted octanol–water partition coefficient (Wildman–Crippen LogP) is 3.08. The number of aromatic nitrogens is 3. The number of hydrogen-bond acceptors (Lipinski definition) is 4. The summed E-state index contributed by atoms with van der Waals surface area (Å²) in [5.41, 5.74) is 4.90. The highest BCUT2D eigenvalue weighted by molar-refractivity contribution is 5.82. The quantitative estimate of drug-likeness (QED) is 0.672. The van der Waals surface area contributed by atoms with Gasteiger partial charge in [-0.1, -0.05) is 30.3 Å². The third-order valence-electron chi connectivity index (χ3n) is 4.59. The molecule has 0 fully saturated rings. The fraction of sp³-hybridized carbons (Fsp3) is 0.238. The van der Waals surface area contributed by atoms with Crippen LogP contribution in [0.25, 0.3) is 0 Å². The summed E-state index contributed by atoms with van der Waals surface area (Å²) in [4.78, 5) is 12.5. The summed E-state index contributed by atoms with van der Waals surface area (Å²) in [6.45, 7) is 8.12. The van der Waals surface area contributed by atoms with Gasteiger partial charge in [0.05, 0.1) is 18.5 Å². The molecule has 0 aliphatic rings. The van der Waals surface area contributed by atoms with Gasteiger partial charge < -0.3 is 0 Å². The molecule has 0 amide bonds. The van der Waals surface area contributed by atoms with Gasteiger partial charge in [-0.3, -0.25) is 9.48 Å². The summed E-state index contributed by atoms with van der Waals surface area (Å²) in [6.07, 6.45) is 1.64. The zero-order valence-electron chi connectivity index (χ0n) is 15.9. The first-order valence-corrected chi connectivity index (χ1v) is 8.68. The van der Waals surface area contributed by atoms with Crippen molar-refractivity contribution in [2.24, 2.45) is 5.10 Å². The molecule has 3 aromatic rings. The lowest BCUT2D eigenvalue weighted by Gasteiger charge is -2.06. The molecule has 6 nitrogen and oxygen atoms in total. The molecule has 0 aliphatic heterocycles. The third kappa shape index (κ3) is 3.58. The van der Waals surface area contributed by atoms with Crippen molar-refractivity contribution >= 4 is 6.21 Å². The molecule has 0 unspecified atom stereocenters. The number of hydrogen-bond donors (Lipinski definition) is 0. The van der Waals surface area contributed by atoms with Crippen LogP contribution in [0.1, 0.15) is 39.3 Å². The molecule has 3 rings (SSSR count). The minimum Gasteiger partial charge on any atom is -0.266 e. The van der Waals surface area contributed by atoms with Crippen LogP contribution in [0.15, 0.2) is 46.3 Å². The van der Waals surface area contributed by atoms with Crippen molar-refractivity contribution in [1.29, 1.82) is 5.26 Å². The zero-order valence-corrected chi connectivity index (χ0v) is 15.9. The minimum atomic E-state index is -0.404. The van der Waals surface area contributed by atoms with E-state index in [1.54, 1.807) is 26.1 Å². The first-order valence-electron chi connectivity index (χ1n) is 8.68. The maximum atomic E-state index is 12.5. The van der Waals surface area contributed by atoms with Gasteiger partial charge in [0.1, 0.15) is 11.6 Å². The van der Waals surface area contributed by atoms with Crippen LogP contribution in [0.4, 0.5) is 0 Å². The van der Waals surface area contributed by atoms with Crippen LogP contribution in [0.5, 0.6) is 0 Å². The van der Waals surface area contributed by atoms with Gasteiger partial charge in [-0.25, -0.2) is 4.68 Å². The largest absolute Gasteiger partial charge is 0.289 e. The van der Waals surface area contributed by atoms with Crippen LogP contribution in [-0.4, -0.2) is 20.7 Å². The molecule has 0 saturated carbocycles. The summed E-state index contributed by atoms with van der Waals surface area (Å²) in [5.74, 6) is 0. The van der Waals surface area contributed by atoms with Crippen LogP contribution in [0.3, 0.4) is 0 Å². The molecular weight excluding hydrogens is 338 g/mol. The fourth-order valence-electron chi connectivity index (χ4n) is 3.08. The number of aryl methyl sites for hydroxylation is 3. The number of nitriles is 1. The molecule has 0 radical (unpaired) electrons. The van der Waals surface area contributed by atoms with E-state index in [1.807, 2.05) is 42.8 Å². The molecule has 1 aromatic carbocycles. The Bertz CT molecular complexity index is 1110. The van der Waals surface area contributed by atoms with E-state index in [0.29, 0.717) is 17.8 Å². The Kier molecular flexibility index (Phi) is 5.04. The van der Waals surface area contributed by atoms with Crippen molar-refractivity contribution in [2.45, 2.75) is 34.2 Å². The Balaban J connectivity index is 1.98. The van der Waals surface area contributed by atoms with E-state index in [9.17, 15) is 10.1 Å². The van der Waals surface area contributed by atoms with Crippen LogP contribution < -0.4 is 5.56 Å². The van der Waals surface area contributed by atoms with E-state index >= 15 is 0 Å². The second-order valence-corrected chi connectivity index (χ2v) is 6.54. The van der Waals surface area contributed by atoms with Gasteiger partial charge in [-0.05, 0) is 44.9 Å². The minimum absolute atomic E-state index is 0.117. The van der Waals surface area contributed by atoms with Gasteiger partial charge in [0.15, 0.2) is 0 Å². The van der Waals surface area contributed by atoms with E-state index in [2.05, 4.69) is 22.3 Å². The lowest BCUT2D eigenvalue weighted by Crippen LogP contribution is -2.22. The van der Waals surface area contributed by atoms with E-state index in [0.717, 1.165) is 22.5 Å². The van der Waals surface area contributed by atoms with Gasteiger partial charge in [0.2, 0.25) is 0 Å². The Hall–Kier alpha value is -3.46. The Morgan fingerprint density at radius 1 is 1.19 bits per heavy atom. The number of rotatable bonds is 4. The van der Waals surface area contributed by atoms with Crippen molar-refractivity contribution in [3.8, 4) is 6.07 Å². The zero-order chi connectivity index (χ0) is 19.6. The van der Waals surface area contributed by atoms with Gasteiger partial charge in [-0.15, -0.1) is 0 Å². The number of nitrogens with zero attached hydrogens (tertiary/aromatic N) is 5. The monoisotopic (exact) mass is 359 g/mol. The molecule has 136 valence electrons. The fourth-order valence-corrected chi connectivity index (χ4v) is 3.08. The molecule has 0 atom stereocenters. The Labute approximate surface area is 158 Å². The maximum Gasteiger partial charge on any atom is 0.289 e. The van der Waals surface area contributed by atoms with Crippen molar-refractivity contribution in [3.05, 3.63) is 86.1 Å². The van der Waals surface area contributed by atoms with Crippen LogP contribution >= 0.6 is 0 Å². The Morgan fingerprint density at radius 3 is 2.56 bits per heavy atom. The third-order valence-corrected chi connectivity index (χ3v) is 4.59. The number of benzene rings is 1. The topological polar surface area (TPSA) is 76.0 Å². The molecule has 2 heterocycles.